The predicted molar refractivity (Wildman–Crippen MR) is 72.2 cm³/mol. The van der Waals surface area contributed by atoms with Crippen LogP contribution in [0, 0.1) is 0 Å². The van der Waals surface area contributed by atoms with Gasteiger partial charge in [-0.1, -0.05) is 37.3 Å². The van der Waals surface area contributed by atoms with Gasteiger partial charge in [-0.15, -0.1) is 0 Å². The minimum Gasteiger partial charge on any atom is -0.375 e. The van der Waals surface area contributed by atoms with Crippen LogP contribution in [0.3, 0.4) is 0 Å². The Balaban J connectivity index is 2.20. The highest BCUT2D eigenvalue weighted by Gasteiger charge is 2.08. The molecule has 2 N–H and O–H groups in total. The molecule has 17 heavy (non-hydrogen) atoms. The normalized spacial score (nSPS) is 12.6. The van der Waals surface area contributed by atoms with Gasteiger partial charge < -0.3 is 15.4 Å². The third kappa shape index (κ3) is 5.82. The van der Waals surface area contributed by atoms with Crippen molar-refractivity contribution in [1.82, 2.24) is 10.6 Å². The van der Waals surface area contributed by atoms with Crippen LogP contribution in [-0.2, 0) is 4.74 Å². The highest BCUT2D eigenvalue weighted by molar-refractivity contribution is 5.17. The maximum absolute atomic E-state index is 5.48. The van der Waals surface area contributed by atoms with Crippen molar-refractivity contribution in [2.45, 2.75) is 19.4 Å². The van der Waals surface area contributed by atoms with Gasteiger partial charge in [0.15, 0.2) is 0 Å². The van der Waals surface area contributed by atoms with Gasteiger partial charge >= 0.3 is 0 Å². The van der Waals surface area contributed by atoms with Crippen LogP contribution in [0.1, 0.15) is 25.0 Å². The summed E-state index contributed by atoms with van der Waals surface area (Å²) < 4.78 is 5.48. The zero-order valence-corrected chi connectivity index (χ0v) is 10.9. The molecule has 1 aromatic rings. The Kier molecular flexibility index (Phi) is 7.63. The molecule has 1 rings (SSSR count). The number of methoxy groups -OCH3 is 1. The maximum Gasteiger partial charge on any atom is 0.0945 e. The molecule has 3 nitrogen and oxygen atoms in total. The molecule has 3 heteroatoms. The second kappa shape index (κ2) is 9.16. The summed E-state index contributed by atoms with van der Waals surface area (Å²) in [5, 5.41) is 6.77. The van der Waals surface area contributed by atoms with E-state index < -0.39 is 0 Å². The van der Waals surface area contributed by atoms with Gasteiger partial charge in [0.05, 0.1) is 6.10 Å². The minimum atomic E-state index is 0.141. The van der Waals surface area contributed by atoms with Crippen molar-refractivity contribution in [3.05, 3.63) is 35.9 Å². The molecular formula is C14H24N2O. The SMILES string of the molecule is CCCNCCNCC(OC)c1ccccc1. The molecule has 0 aromatic heterocycles. The first-order valence-electron chi connectivity index (χ1n) is 6.37. The topological polar surface area (TPSA) is 33.3 Å². The molecule has 1 unspecified atom stereocenters. The van der Waals surface area contributed by atoms with Gasteiger partial charge in [0.1, 0.15) is 0 Å². The molecule has 0 saturated carbocycles. The zero-order chi connectivity index (χ0) is 12.3. The zero-order valence-electron chi connectivity index (χ0n) is 10.9. The lowest BCUT2D eigenvalue weighted by Gasteiger charge is -2.16. The lowest BCUT2D eigenvalue weighted by Crippen LogP contribution is -2.31. The first-order valence-corrected chi connectivity index (χ1v) is 6.37. The summed E-state index contributed by atoms with van der Waals surface area (Å²) in [5.41, 5.74) is 1.23. The van der Waals surface area contributed by atoms with Crippen LogP contribution in [0.2, 0.25) is 0 Å². The van der Waals surface area contributed by atoms with Crippen molar-refractivity contribution in [3.8, 4) is 0 Å². The van der Waals surface area contributed by atoms with Gasteiger partial charge in [0.2, 0.25) is 0 Å². The maximum atomic E-state index is 5.48. The number of rotatable bonds is 9. The summed E-state index contributed by atoms with van der Waals surface area (Å²) in [6.07, 6.45) is 1.33. The van der Waals surface area contributed by atoms with Gasteiger partial charge in [0, 0.05) is 26.7 Å². The van der Waals surface area contributed by atoms with Gasteiger partial charge in [0.25, 0.3) is 0 Å². The summed E-state index contributed by atoms with van der Waals surface area (Å²) >= 11 is 0. The molecule has 0 spiro atoms. The van der Waals surface area contributed by atoms with E-state index in [9.17, 15) is 0 Å². The van der Waals surface area contributed by atoms with E-state index in [1.807, 2.05) is 18.2 Å². The van der Waals surface area contributed by atoms with Crippen LogP contribution in [0.5, 0.6) is 0 Å². The standard InChI is InChI=1S/C14H24N2O/c1-3-9-15-10-11-16-12-14(17-2)13-7-5-4-6-8-13/h4-8,14-16H,3,9-12H2,1-2H3. The largest absolute Gasteiger partial charge is 0.375 e. The molecule has 1 atom stereocenters. The van der Waals surface area contributed by atoms with Crippen molar-refractivity contribution < 1.29 is 4.74 Å². The Morgan fingerprint density at radius 2 is 1.76 bits per heavy atom. The van der Waals surface area contributed by atoms with E-state index in [1.165, 1.54) is 12.0 Å². The molecule has 0 radical (unpaired) electrons. The van der Waals surface area contributed by atoms with Crippen molar-refractivity contribution in [2.75, 3.05) is 33.3 Å². The molecule has 0 saturated heterocycles. The molecule has 0 heterocycles. The highest BCUT2D eigenvalue weighted by Crippen LogP contribution is 2.14. The van der Waals surface area contributed by atoms with E-state index in [0.29, 0.717) is 0 Å². The summed E-state index contributed by atoms with van der Waals surface area (Å²) in [6.45, 7) is 6.12. The molecule has 1 aromatic carbocycles. The van der Waals surface area contributed by atoms with Crippen LogP contribution < -0.4 is 10.6 Å². The van der Waals surface area contributed by atoms with Gasteiger partial charge in [-0.25, -0.2) is 0 Å². The van der Waals surface area contributed by atoms with Gasteiger partial charge in [-0.2, -0.15) is 0 Å². The highest BCUT2D eigenvalue weighted by atomic mass is 16.5. The van der Waals surface area contributed by atoms with E-state index >= 15 is 0 Å². The van der Waals surface area contributed by atoms with Crippen LogP contribution in [0.4, 0.5) is 0 Å². The fraction of sp³-hybridized carbons (Fsp3) is 0.571. The van der Waals surface area contributed by atoms with E-state index in [2.05, 4.69) is 29.7 Å². The van der Waals surface area contributed by atoms with Crippen LogP contribution >= 0.6 is 0 Å². The smallest absolute Gasteiger partial charge is 0.0945 e. The summed E-state index contributed by atoms with van der Waals surface area (Å²) in [7, 11) is 1.76. The monoisotopic (exact) mass is 236 g/mol. The molecule has 0 aliphatic heterocycles. The summed E-state index contributed by atoms with van der Waals surface area (Å²) in [6, 6.07) is 10.3. The molecule has 96 valence electrons. The quantitative estimate of drug-likeness (QED) is 0.643. The average Bonchev–Trinajstić information content (AvgIpc) is 2.39. The molecule has 0 aliphatic carbocycles. The Labute approximate surface area is 105 Å². The summed E-state index contributed by atoms with van der Waals surface area (Å²) in [5.74, 6) is 0. The van der Waals surface area contributed by atoms with E-state index in [4.69, 9.17) is 4.74 Å². The van der Waals surface area contributed by atoms with Crippen LogP contribution in [-0.4, -0.2) is 33.3 Å². The number of benzene rings is 1. The van der Waals surface area contributed by atoms with E-state index in [-0.39, 0.29) is 6.10 Å². The van der Waals surface area contributed by atoms with Crippen LogP contribution in [0.15, 0.2) is 30.3 Å². The Bertz CT molecular complexity index is 277. The van der Waals surface area contributed by atoms with Crippen molar-refractivity contribution in [2.24, 2.45) is 0 Å². The Hall–Kier alpha value is -0.900. The van der Waals surface area contributed by atoms with Crippen molar-refractivity contribution >= 4 is 0 Å². The number of nitrogens with one attached hydrogen (secondary N) is 2. The van der Waals surface area contributed by atoms with Crippen molar-refractivity contribution in [3.63, 3.8) is 0 Å². The molecular weight excluding hydrogens is 212 g/mol. The minimum absolute atomic E-state index is 0.141. The van der Waals surface area contributed by atoms with Gasteiger partial charge in [-0.05, 0) is 18.5 Å². The predicted octanol–water partition coefficient (Wildman–Crippen LogP) is 1.96. The third-order valence-corrected chi connectivity index (χ3v) is 2.69. The lowest BCUT2D eigenvalue weighted by molar-refractivity contribution is 0.102. The Morgan fingerprint density at radius 1 is 1.06 bits per heavy atom. The van der Waals surface area contributed by atoms with Crippen LogP contribution in [0.25, 0.3) is 0 Å². The first kappa shape index (κ1) is 14.2. The summed E-state index contributed by atoms with van der Waals surface area (Å²) in [4.78, 5) is 0. The second-order valence-corrected chi connectivity index (χ2v) is 4.09. The fourth-order valence-corrected chi connectivity index (χ4v) is 1.72. The van der Waals surface area contributed by atoms with E-state index in [0.717, 1.165) is 26.2 Å². The second-order valence-electron chi connectivity index (χ2n) is 4.09. The number of hydrogen-bond acceptors (Lipinski definition) is 3. The molecule has 0 aliphatic rings. The molecule has 0 fully saturated rings. The third-order valence-electron chi connectivity index (χ3n) is 2.69. The lowest BCUT2D eigenvalue weighted by atomic mass is 10.1. The van der Waals surface area contributed by atoms with Gasteiger partial charge in [-0.3, -0.25) is 0 Å². The number of hydrogen-bond donors (Lipinski definition) is 2. The fourth-order valence-electron chi connectivity index (χ4n) is 1.72. The first-order chi connectivity index (χ1) is 8.38. The Morgan fingerprint density at radius 3 is 2.41 bits per heavy atom. The molecule has 0 bridgehead atoms. The van der Waals surface area contributed by atoms with Crippen molar-refractivity contribution in [1.29, 1.82) is 0 Å². The number of ether oxygens (including phenoxy) is 1. The van der Waals surface area contributed by atoms with E-state index in [1.54, 1.807) is 7.11 Å². The molecule has 0 amide bonds. The average molecular weight is 236 g/mol.